The molecular weight excluding hydrogens is 366 g/mol. The zero-order valence-electron chi connectivity index (χ0n) is 16.3. The van der Waals surface area contributed by atoms with E-state index in [4.69, 9.17) is 0 Å². The summed E-state index contributed by atoms with van der Waals surface area (Å²) in [7, 11) is 0. The van der Waals surface area contributed by atoms with Crippen LogP contribution in [0.3, 0.4) is 0 Å². The number of pyridine rings is 2. The molecule has 0 aromatic carbocycles. The zero-order valence-corrected chi connectivity index (χ0v) is 16.3. The Morgan fingerprint density at radius 2 is 1.93 bits per heavy atom. The second-order valence-electron chi connectivity index (χ2n) is 7.84. The second kappa shape index (κ2) is 7.69. The summed E-state index contributed by atoms with van der Waals surface area (Å²) in [6.45, 7) is 0.982. The molecule has 0 bridgehead atoms. The monoisotopic (exact) mass is 391 g/mol. The summed E-state index contributed by atoms with van der Waals surface area (Å²) in [5, 5.41) is 11.6. The van der Waals surface area contributed by atoms with Gasteiger partial charge in [-0.3, -0.25) is 9.36 Å². The van der Waals surface area contributed by atoms with E-state index in [1.165, 1.54) is 12.8 Å². The molecule has 0 radical (unpaired) electrons. The van der Waals surface area contributed by atoms with Crippen molar-refractivity contribution >= 4 is 11.8 Å². The van der Waals surface area contributed by atoms with E-state index in [9.17, 15) is 4.79 Å². The maximum atomic E-state index is 11.9. The highest BCUT2D eigenvalue weighted by molar-refractivity contribution is 5.42. The number of aromatic nitrogens is 5. The molecule has 8 nitrogen and oxygen atoms in total. The molecule has 2 atom stereocenters. The molecule has 1 fully saturated rings. The Hall–Kier alpha value is -3.16. The molecular formula is C21H25N7O. The maximum absolute atomic E-state index is 11.9. The van der Waals surface area contributed by atoms with Gasteiger partial charge in [0.15, 0.2) is 0 Å². The molecule has 1 saturated carbocycles. The molecule has 3 aromatic heterocycles. The van der Waals surface area contributed by atoms with Gasteiger partial charge in [-0.2, -0.15) is 4.98 Å². The molecule has 2 N–H and O–H groups in total. The SMILES string of the molecule is O=c1ccccn1-c1ccc(N[C@H]2CC[C@H](Nc3nc4n(n3)CCCC4)C2)nc1. The molecule has 0 saturated heterocycles. The summed E-state index contributed by atoms with van der Waals surface area (Å²) < 4.78 is 3.63. The maximum Gasteiger partial charge on any atom is 0.255 e. The first-order valence-corrected chi connectivity index (χ1v) is 10.4. The van der Waals surface area contributed by atoms with Crippen LogP contribution < -0.4 is 16.2 Å². The van der Waals surface area contributed by atoms with Gasteiger partial charge in [-0.25, -0.2) is 9.67 Å². The number of nitrogens with zero attached hydrogens (tertiary/aromatic N) is 5. The van der Waals surface area contributed by atoms with Gasteiger partial charge in [0, 0.05) is 37.3 Å². The number of hydrogen-bond donors (Lipinski definition) is 2. The fraction of sp³-hybridized carbons (Fsp3) is 0.429. The van der Waals surface area contributed by atoms with E-state index < -0.39 is 0 Å². The molecule has 5 rings (SSSR count). The van der Waals surface area contributed by atoms with E-state index in [2.05, 4.69) is 25.7 Å². The Bertz CT molecular complexity index is 1020. The van der Waals surface area contributed by atoms with Gasteiger partial charge in [0.05, 0.1) is 11.9 Å². The van der Waals surface area contributed by atoms with Crippen molar-refractivity contribution in [2.75, 3.05) is 10.6 Å². The number of rotatable bonds is 5. The quantitative estimate of drug-likeness (QED) is 0.695. The molecule has 29 heavy (non-hydrogen) atoms. The number of hydrogen-bond acceptors (Lipinski definition) is 6. The largest absolute Gasteiger partial charge is 0.367 e. The van der Waals surface area contributed by atoms with Crippen molar-refractivity contribution < 1.29 is 0 Å². The summed E-state index contributed by atoms with van der Waals surface area (Å²) in [5.74, 6) is 2.70. The minimum Gasteiger partial charge on any atom is -0.367 e. The first kappa shape index (κ1) is 17.9. The Labute approximate surface area is 169 Å². The van der Waals surface area contributed by atoms with Gasteiger partial charge >= 0.3 is 0 Å². The predicted molar refractivity (Wildman–Crippen MR) is 111 cm³/mol. The van der Waals surface area contributed by atoms with Crippen LogP contribution in [0.4, 0.5) is 11.8 Å². The molecule has 0 amide bonds. The van der Waals surface area contributed by atoms with E-state index in [0.717, 1.165) is 55.5 Å². The molecule has 8 heteroatoms. The van der Waals surface area contributed by atoms with E-state index in [-0.39, 0.29) is 5.56 Å². The van der Waals surface area contributed by atoms with E-state index in [1.54, 1.807) is 29.1 Å². The van der Waals surface area contributed by atoms with Gasteiger partial charge in [-0.05, 0) is 50.3 Å². The first-order chi connectivity index (χ1) is 14.2. The minimum absolute atomic E-state index is 0.0608. The molecule has 1 aliphatic carbocycles. The van der Waals surface area contributed by atoms with Gasteiger partial charge < -0.3 is 10.6 Å². The third-order valence-corrected chi connectivity index (χ3v) is 5.74. The highest BCUT2D eigenvalue weighted by Gasteiger charge is 2.26. The molecule has 4 heterocycles. The summed E-state index contributed by atoms with van der Waals surface area (Å²) in [5.41, 5.74) is 0.705. The van der Waals surface area contributed by atoms with Crippen molar-refractivity contribution in [1.82, 2.24) is 24.3 Å². The Balaban J connectivity index is 1.18. The summed E-state index contributed by atoms with van der Waals surface area (Å²) in [4.78, 5) is 21.1. The van der Waals surface area contributed by atoms with Gasteiger partial charge in [-0.15, -0.1) is 5.10 Å². The van der Waals surface area contributed by atoms with Crippen molar-refractivity contribution in [3.05, 3.63) is 58.9 Å². The second-order valence-corrected chi connectivity index (χ2v) is 7.84. The minimum atomic E-state index is -0.0608. The topological polar surface area (TPSA) is 89.7 Å². The van der Waals surface area contributed by atoms with E-state index in [1.807, 2.05) is 22.9 Å². The normalized spacial score (nSPS) is 21.0. The molecule has 3 aromatic rings. The molecule has 1 aliphatic heterocycles. The highest BCUT2D eigenvalue weighted by atomic mass is 16.1. The summed E-state index contributed by atoms with van der Waals surface area (Å²) in [6, 6.07) is 9.71. The summed E-state index contributed by atoms with van der Waals surface area (Å²) >= 11 is 0. The van der Waals surface area contributed by atoms with Crippen molar-refractivity contribution in [2.45, 2.75) is 57.2 Å². The lowest BCUT2D eigenvalue weighted by Crippen LogP contribution is -2.22. The average molecular weight is 391 g/mol. The van der Waals surface area contributed by atoms with Crippen molar-refractivity contribution in [3.63, 3.8) is 0 Å². The fourth-order valence-corrected chi connectivity index (χ4v) is 4.23. The van der Waals surface area contributed by atoms with Crippen LogP contribution in [-0.2, 0) is 13.0 Å². The van der Waals surface area contributed by atoms with Crippen LogP contribution in [0.5, 0.6) is 0 Å². The van der Waals surface area contributed by atoms with Crippen LogP contribution >= 0.6 is 0 Å². The van der Waals surface area contributed by atoms with Crippen LogP contribution in [-0.4, -0.2) is 36.4 Å². The zero-order chi connectivity index (χ0) is 19.6. The van der Waals surface area contributed by atoms with Gasteiger partial charge in [-0.1, -0.05) is 6.07 Å². The lowest BCUT2D eigenvalue weighted by Gasteiger charge is -2.15. The third kappa shape index (κ3) is 3.87. The molecule has 150 valence electrons. The van der Waals surface area contributed by atoms with Crippen LogP contribution in [0.15, 0.2) is 47.5 Å². The molecule has 2 aliphatic rings. The smallest absolute Gasteiger partial charge is 0.255 e. The van der Waals surface area contributed by atoms with Crippen LogP contribution in [0.25, 0.3) is 5.69 Å². The first-order valence-electron chi connectivity index (χ1n) is 10.4. The molecule has 0 unspecified atom stereocenters. The molecule has 0 spiro atoms. The lowest BCUT2D eigenvalue weighted by molar-refractivity contribution is 0.480. The standard InChI is InChI=1S/C21H25N7O/c29-20-6-2-3-11-27(20)17-9-10-18(22-14-17)23-15-7-8-16(13-15)24-21-25-19-5-1-4-12-28(19)26-21/h2-3,6,9-11,14-16H,1,4-5,7-8,12-13H2,(H,22,23)(H,24,26)/t15-,16-/m0/s1. The number of nitrogens with one attached hydrogen (secondary N) is 2. The van der Waals surface area contributed by atoms with Crippen LogP contribution in [0.2, 0.25) is 0 Å². The van der Waals surface area contributed by atoms with Crippen LogP contribution in [0.1, 0.15) is 37.9 Å². The third-order valence-electron chi connectivity index (χ3n) is 5.74. The number of anilines is 2. The van der Waals surface area contributed by atoms with Crippen molar-refractivity contribution in [1.29, 1.82) is 0 Å². The van der Waals surface area contributed by atoms with Gasteiger partial charge in [0.2, 0.25) is 5.95 Å². The van der Waals surface area contributed by atoms with Crippen molar-refractivity contribution in [3.8, 4) is 5.69 Å². The number of aryl methyl sites for hydroxylation is 2. The fourth-order valence-electron chi connectivity index (χ4n) is 4.23. The highest BCUT2D eigenvalue weighted by Crippen LogP contribution is 2.25. The average Bonchev–Trinajstić information content (AvgIpc) is 3.35. The Morgan fingerprint density at radius 3 is 2.72 bits per heavy atom. The van der Waals surface area contributed by atoms with E-state index >= 15 is 0 Å². The van der Waals surface area contributed by atoms with E-state index in [0.29, 0.717) is 12.1 Å². The van der Waals surface area contributed by atoms with Crippen LogP contribution in [0, 0.1) is 0 Å². The van der Waals surface area contributed by atoms with Gasteiger partial charge in [0.1, 0.15) is 11.6 Å². The summed E-state index contributed by atoms with van der Waals surface area (Å²) in [6.07, 6.45) is 10.1. The number of fused-ring (bicyclic) bond motifs is 1. The van der Waals surface area contributed by atoms with Crippen molar-refractivity contribution in [2.24, 2.45) is 0 Å². The predicted octanol–water partition coefficient (Wildman–Crippen LogP) is 2.61. The lowest BCUT2D eigenvalue weighted by atomic mass is 10.2. The van der Waals surface area contributed by atoms with Gasteiger partial charge in [0.25, 0.3) is 5.56 Å². The Morgan fingerprint density at radius 1 is 1.03 bits per heavy atom. The Kier molecular flexibility index (Phi) is 4.75.